The van der Waals surface area contributed by atoms with Crippen LogP contribution in [0.1, 0.15) is 33.4 Å². The third-order valence-electron chi connectivity index (χ3n) is 6.38. The van der Waals surface area contributed by atoms with Gasteiger partial charge in [0.15, 0.2) is 0 Å². The first-order chi connectivity index (χ1) is 20.9. The number of rotatable bonds is 8. The molecule has 45 heavy (non-hydrogen) atoms. The number of aromatic nitrogens is 2. The molecular formula is C29H20BrF9N4O2. The molecular weight excluding hydrogens is 687 g/mol. The lowest BCUT2D eigenvalue weighted by Gasteiger charge is -2.28. The molecule has 238 valence electrons. The second-order valence-corrected chi connectivity index (χ2v) is 10.6. The molecule has 1 heterocycles. The maximum atomic E-state index is 13.8. The van der Waals surface area contributed by atoms with Gasteiger partial charge in [0.1, 0.15) is 0 Å². The van der Waals surface area contributed by atoms with E-state index in [1.807, 2.05) is 0 Å². The highest BCUT2D eigenvalue weighted by atomic mass is 79.9. The standard InChI is InChI=1S/C29H20BrF9N4O2/c30-23-12-40-25(41-13-23)42(14-18-8-21(28(34,35)36)11-22(9-18)29(37,38)39)16-19-10-20(27(31,32)33)6-7-24(19)43(26(44)45)15-17-4-2-1-3-5-17/h1-13H,14-16H2,(H,44,45). The lowest BCUT2D eigenvalue weighted by molar-refractivity contribution is -0.143. The fourth-order valence-corrected chi connectivity index (χ4v) is 4.58. The highest BCUT2D eigenvalue weighted by molar-refractivity contribution is 9.10. The van der Waals surface area contributed by atoms with Gasteiger partial charge in [0.25, 0.3) is 0 Å². The monoisotopic (exact) mass is 706 g/mol. The van der Waals surface area contributed by atoms with Gasteiger partial charge in [-0.2, -0.15) is 39.5 Å². The molecule has 0 atom stereocenters. The molecule has 0 radical (unpaired) electrons. The van der Waals surface area contributed by atoms with Crippen molar-refractivity contribution in [2.45, 2.75) is 38.2 Å². The van der Waals surface area contributed by atoms with Gasteiger partial charge < -0.3 is 10.0 Å². The van der Waals surface area contributed by atoms with Crippen molar-refractivity contribution in [3.63, 3.8) is 0 Å². The van der Waals surface area contributed by atoms with Crippen molar-refractivity contribution >= 4 is 33.7 Å². The average molecular weight is 707 g/mol. The van der Waals surface area contributed by atoms with Gasteiger partial charge in [0.2, 0.25) is 5.95 Å². The van der Waals surface area contributed by atoms with Crippen LogP contribution in [0.15, 0.2) is 83.6 Å². The van der Waals surface area contributed by atoms with Gasteiger partial charge in [-0.05, 0) is 69.0 Å². The Kier molecular flexibility index (Phi) is 9.65. The normalized spacial score (nSPS) is 12.2. The number of anilines is 2. The Morgan fingerprint density at radius 1 is 0.689 bits per heavy atom. The molecule has 0 saturated carbocycles. The van der Waals surface area contributed by atoms with E-state index >= 15 is 0 Å². The summed E-state index contributed by atoms with van der Waals surface area (Å²) in [6.07, 6.45) is -14.3. The Bertz CT molecular complexity index is 1610. The molecule has 4 rings (SSSR count). The minimum absolute atomic E-state index is 0.0524. The molecule has 0 unspecified atom stereocenters. The Balaban J connectivity index is 1.86. The molecule has 0 bridgehead atoms. The number of hydrogen-bond donors (Lipinski definition) is 1. The van der Waals surface area contributed by atoms with E-state index in [1.165, 1.54) is 12.4 Å². The minimum Gasteiger partial charge on any atom is -0.465 e. The van der Waals surface area contributed by atoms with Crippen molar-refractivity contribution in [1.82, 2.24) is 9.97 Å². The first-order valence-corrected chi connectivity index (χ1v) is 13.5. The Labute approximate surface area is 257 Å². The van der Waals surface area contributed by atoms with Crippen LogP contribution in [0.25, 0.3) is 0 Å². The third kappa shape index (κ3) is 8.65. The molecule has 0 spiro atoms. The number of hydrogen-bond acceptors (Lipinski definition) is 4. The van der Waals surface area contributed by atoms with Crippen LogP contribution in [-0.4, -0.2) is 21.2 Å². The van der Waals surface area contributed by atoms with E-state index < -0.39 is 60.0 Å². The van der Waals surface area contributed by atoms with Crippen LogP contribution in [0.2, 0.25) is 0 Å². The molecule has 0 fully saturated rings. The molecule has 0 aliphatic carbocycles. The van der Waals surface area contributed by atoms with E-state index in [1.54, 1.807) is 30.3 Å². The fraction of sp³-hybridized carbons (Fsp3) is 0.207. The molecule has 4 aromatic rings. The second kappa shape index (κ2) is 12.9. The predicted octanol–water partition coefficient (Wildman–Crippen LogP) is 9.19. The lowest BCUT2D eigenvalue weighted by atomic mass is 10.0. The summed E-state index contributed by atoms with van der Waals surface area (Å²) in [6.45, 7) is -1.65. The van der Waals surface area contributed by atoms with Crippen molar-refractivity contribution in [1.29, 1.82) is 0 Å². The summed E-state index contributed by atoms with van der Waals surface area (Å²) in [4.78, 5) is 22.2. The maximum absolute atomic E-state index is 13.8. The van der Waals surface area contributed by atoms with Crippen LogP contribution in [-0.2, 0) is 38.2 Å². The van der Waals surface area contributed by atoms with Gasteiger partial charge in [0, 0.05) is 25.5 Å². The van der Waals surface area contributed by atoms with Crippen LogP contribution < -0.4 is 9.80 Å². The summed E-state index contributed by atoms with van der Waals surface area (Å²) in [5, 5.41) is 10.0. The van der Waals surface area contributed by atoms with Crippen LogP contribution in [0.4, 0.5) is 55.9 Å². The lowest BCUT2D eigenvalue weighted by Crippen LogP contribution is -2.31. The van der Waals surface area contributed by atoms with Crippen molar-refractivity contribution in [2.24, 2.45) is 0 Å². The number of alkyl halides is 9. The van der Waals surface area contributed by atoms with Gasteiger partial charge in [-0.15, -0.1) is 0 Å². The predicted molar refractivity (Wildman–Crippen MR) is 148 cm³/mol. The van der Waals surface area contributed by atoms with E-state index in [4.69, 9.17) is 0 Å². The van der Waals surface area contributed by atoms with Crippen molar-refractivity contribution in [2.75, 3.05) is 9.80 Å². The van der Waals surface area contributed by atoms with E-state index in [0.29, 0.717) is 34.3 Å². The van der Waals surface area contributed by atoms with Crippen LogP contribution in [0, 0.1) is 0 Å². The van der Waals surface area contributed by atoms with Crippen molar-refractivity contribution < 1.29 is 49.4 Å². The number of nitrogens with zero attached hydrogens (tertiary/aromatic N) is 4. The molecule has 1 amide bonds. The van der Waals surface area contributed by atoms with Crippen LogP contribution in [0.3, 0.4) is 0 Å². The molecule has 0 saturated heterocycles. The van der Waals surface area contributed by atoms with Gasteiger partial charge in [-0.25, -0.2) is 14.8 Å². The first-order valence-electron chi connectivity index (χ1n) is 12.7. The van der Waals surface area contributed by atoms with E-state index in [2.05, 4.69) is 25.9 Å². The molecule has 6 nitrogen and oxygen atoms in total. The Morgan fingerprint density at radius 3 is 1.76 bits per heavy atom. The summed E-state index contributed by atoms with van der Waals surface area (Å²) in [7, 11) is 0. The van der Waals surface area contributed by atoms with E-state index in [0.717, 1.165) is 15.9 Å². The van der Waals surface area contributed by atoms with Crippen molar-refractivity contribution in [3.8, 4) is 0 Å². The largest absolute Gasteiger partial charge is 0.465 e. The van der Waals surface area contributed by atoms with Gasteiger partial charge in [0.05, 0.1) is 33.4 Å². The zero-order valence-electron chi connectivity index (χ0n) is 22.6. The van der Waals surface area contributed by atoms with Gasteiger partial charge in [-0.3, -0.25) is 4.90 Å². The second-order valence-electron chi connectivity index (χ2n) is 9.67. The highest BCUT2D eigenvalue weighted by Gasteiger charge is 2.37. The summed E-state index contributed by atoms with van der Waals surface area (Å²) in [5.41, 5.74) is -4.84. The summed E-state index contributed by atoms with van der Waals surface area (Å²) >= 11 is 3.11. The zero-order chi connectivity index (χ0) is 33.2. The molecule has 0 aliphatic heterocycles. The topological polar surface area (TPSA) is 69.6 Å². The first kappa shape index (κ1) is 33.6. The van der Waals surface area contributed by atoms with Crippen molar-refractivity contribution in [3.05, 3.63) is 117 Å². The number of benzene rings is 3. The third-order valence-corrected chi connectivity index (χ3v) is 6.79. The fourth-order valence-electron chi connectivity index (χ4n) is 4.38. The molecule has 1 aromatic heterocycles. The zero-order valence-corrected chi connectivity index (χ0v) is 24.1. The number of amides is 1. The summed E-state index contributed by atoms with van der Waals surface area (Å²) in [5.74, 6) is -0.266. The number of carbonyl (C=O) groups is 1. The number of carboxylic acid groups (broad SMARTS) is 1. The van der Waals surface area contributed by atoms with E-state index in [9.17, 15) is 49.4 Å². The summed E-state index contributed by atoms with van der Waals surface area (Å²) < 4.78 is 123. The molecule has 16 heteroatoms. The van der Waals surface area contributed by atoms with Gasteiger partial charge in [-0.1, -0.05) is 30.3 Å². The van der Waals surface area contributed by atoms with Crippen LogP contribution >= 0.6 is 15.9 Å². The Morgan fingerprint density at radius 2 is 1.24 bits per heavy atom. The summed E-state index contributed by atoms with van der Waals surface area (Å²) in [6, 6.07) is 11.3. The smallest absolute Gasteiger partial charge is 0.416 e. The SMILES string of the molecule is O=C(O)N(Cc1ccccc1)c1ccc(C(F)(F)F)cc1CN(Cc1cc(C(F)(F)F)cc(C(F)(F)F)c1)c1ncc(Br)cn1. The maximum Gasteiger partial charge on any atom is 0.416 e. The minimum atomic E-state index is -5.15. The molecule has 3 aromatic carbocycles. The molecule has 1 N–H and O–H groups in total. The van der Waals surface area contributed by atoms with Crippen LogP contribution in [0.5, 0.6) is 0 Å². The average Bonchev–Trinajstić information content (AvgIpc) is 2.95. The molecule has 0 aliphatic rings. The van der Waals surface area contributed by atoms with Gasteiger partial charge >= 0.3 is 24.6 Å². The van der Waals surface area contributed by atoms with E-state index in [-0.39, 0.29) is 29.8 Å². The quantitative estimate of drug-likeness (QED) is 0.185. The number of halogens is 10. The highest BCUT2D eigenvalue weighted by Crippen LogP contribution is 2.38. The Hall–Kier alpha value is -4.34.